The average molecular weight is 312 g/mol. The molecule has 0 aliphatic rings. The first-order valence-corrected chi connectivity index (χ1v) is 7.30. The molecule has 0 atom stereocenters. The Balaban J connectivity index is 2.03. The second-order valence-corrected chi connectivity index (χ2v) is 5.19. The van der Waals surface area contributed by atoms with E-state index in [-0.39, 0.29) is 12.5 Å². The van der Waals surface area contributed by atoms with Gasteiger partial charge in [0.2, 0.25) is 5.91 Å². The van der Waals surface area contributed by atoms with Crippen molar-refractivity contribution in [1.29, 1.82) is 0 Å². The number of carbonyl (C=O) groups is 2. The fourth-order valence-corrected chi connectivity index (χ4v) is 2.19. The van der Waals surface area contributed by atoms with Crippen molar-refractivity contribution in [1.82, 2.24) is 0 Å². The van der Waals surface area contributed by atoms with Crippen LogP contribution in [-0.4, -0.2) is 25.5 Å². The quantitative estimate of drug-likeness (QED) is 0.832. The molecule has 2 N–H and O–H groups in total. The molecule has 0 aromatic heterocycles. The molecule has 0 aliphatic carbocycles. The van der Waals surface area contributed by atoms with Crippen molar-refractivity contribution in [2.75, 3.05) is 24.3 Å². The van der Waals surface area contributed by atoms with Crippen molar-refractivity contribution in [2.24, 2.45) is 0 Å². The highest BCUT2D eigenvalue weighted by Gasteiger charge is 2.13. The maximum atomic E-state index is 12.1. The molecule has 0 bridgehead atoms. The van der Waals surface area contributed by atoms with Crippen LogP contribution in [-0.2, 0) is 9.53 Å². The predicted molar refractivity (Wildman–Crippen MR) is 90.8 cm³/mol. The topological polar surface area (TPSA) is 67.4 Å². The Hall–Kier alpha value is -2.82. The zero-order chi connectivity index (χ0) is 16.8. The first-order chi connectivity index (χ1) is 11.0. The molecule has 0 fully saturated rings. The summed E-state index contributed by atoms with van der Waals surface area (Å²) in [7, 11) is 1.31. The molecule has 2 rings (SSSR count). The molecule has 0 heterocycles. The molecule has 5 nitrogen and oxygen atoms in total. The number of rotatable bonds is 5. The molecule has 2 aromatic rings. The molecule has 23 heavy (non-hydrogen) atoms. The minimum absolute atomic E-state index is 0.111. The molecule has 1 amide bonds. The highest BCUT2D eigenvalue weighted by Crippen LogP contribution is 2.18. The molecule has 120 valence electrons. The summed E-state index contributed by atoms with van der Waals surface area (Å²) in [5.41, 5.74) is 3.95. The van der Waals surface area contributed by atoms with Crippen molar-refractivity contribution in [2.45, 2.75) is 13.8 Å². The second kappa shape index (κ2) is 7.45. The highest BCUT2D eigenvalue weighted by atomic mass is 16.5. The van der Waals surface area contributed by atoms with Gasteiger partial charge in [0, 0.05) is 5.69 Å². The molecule has 0 radical (unpaired) electrons. The third kappa shape index (κ3) is 4.10. The van der Waals surface area contributed by atoms with Gasteiger partial charge < -0.3 is 15.4 Å². The summed E-state index contributed by atoms with van der Waals surface area (Å²) in [6.45, 7) is 4.13. The van der Waals surface area contributed by atoms with Crippen molar-refractivity contribution in [3.8, 4) is 0 Å². The maximum absolute atomic E-state index is 12.1. The molecule has 0 spiro atoms. The van der Waals surface area contributed by atoms with Crippen LogP contribution in [0.3, 0.4) is 0 Å². The van der Waals surface area contributed by atoms with Gasteiger partial charge in [-0.3, -0.25) is 4.79 Å². The van der Waals surface area contributed by atoms with Gasteiger partial charge in [-0.05, 0) is 43.2 Å². The molecule has 5 heteroatoms. The first kappa shape index (κ1) is 16.5. The van der Waals surface area contributed by atoms with Gasteiger partial charge in [0.15, 0.2) is 0 Å². The van der Waals surface area contributed by atoms with Crippen LogP contribution < -0.4 is 10.6 Å². The zero-order valence-electron chi connectivity index (χ0n) is 13.5. The summed E-state index contributed by atoms with van der Waals surface area (Å²) in [5, 5.41) is 5.84. The van der Waals surface area contributed by atoms with Gasteiger partial charge in [0.1, 0.15) is 0 Å². The van der Waals surface area contributed by atoms with Crippen LogP contribution in [0.1, 0.15) is 21.5 Å². The van der Waals surface area contributed by atoms with E-state index in [1.54, 1.807) is 24.3 Å². The third-order valence-corrected chi connectivity index (χ3v) is 3.65. The lowest BCUT2D eigenvalue weighted by Gasteiger charge is -2.13. The minimum Gasteiger partial charge on any atom is -0.465 e. The van der Waals surface area contributed by atoms with Crippen LogP contribution in [0.2, 0.25) is 0 Å². The summed E-state index contributed by atoms with van der Waals surface area (Å²) < 4.78 is 4.71. The lowest BCUT2D eigenvalue weighted by atomic mass is 10.1. The minimum atomic E-state index is -0.483. The number of methoxy groups -OCH3 is 1. The van der Waals surface area contributed by atoms with E-state index >= 15 is 0 Å². The number of hydrogen-bond acceptors (Lipinski definition) is 4. The lowest BCUT2D eigenvalue weighted by molar-refractivity contribution is -0.114. The molecule has 2 aromatic carbocycles. The Morgan fingerprint density at radius 3 is 2.43 bits per heavy atom. The van der Waals surface area contributed by atoms with E-state index in [1.807, 2.05) is 32.0 Å². The summed E-state index contributed by atoms with van der Waals surface area (Å²) >= 11 is 0. The monoisotopic (exact) mass is 312 g/mol. The van der Waals surface area contributed by atoms with Crippen molar-refractivity contribution < 1.29 is 14.3 Å². The Bertz CT molecular complexity index is 726. The van der Waals surface area contributed by atoms with Crippen LogP contribution in [0.4, 0.5) is 11.4 Å². The molecular weight excluding hydrogens is 292 g/mol. The van der Waals surface area contributed by atoms with E-state index in [4.69, 9.17) is 4.74 Å². The highest BCUT2D eigenvalue weighted by molar-refractivity contribution is 6.02. The molecule has 0 aliphatic heterocycles. The Morgan fingerprint density at radius 2 is 1.70 bits per heavy atom. The average Bonchev–Trinajstić information content (AvgIpc) is 2.56. The van der Waals surface area contributed by atoms with Crippen LogP contribution >= 0.6 is 0 Å². The number of hydrogen-bond donors (Lipinski definition) is 2. The number of amides is 1. The van der Waals surface area contributed by atoms with Crippen molar-refractivity contribution in [3.63, 3.8) is 0 Å². The van der Waals surface area contributed by atoms with E-state index in [1.165, 1.54) is 7.11 Å². The van der Waals surface area contributed by atoms with Gasteiger partial charge in [-0.25, -0.2) is 4.79 Å². The van der Waals surface area contributed by atoms with Gasteiger partial charge in [-0.2, -0.15) is 0 Å². The summed E-state index contributed by atoms with van der Waals surface area (Å²) in [4.78, 5) is 23.8. The molecule has 0 saturated heterocycles. The van der Waals surface area contributed by atoms with E-state index in [0.29, 0.717) is 11.3 Å². The Labute approximate surface area is 135 Å². The van der Waals surface area contributed by atoms with Gasteiger partial charge in [0.25, 0.3) is 0 Å². The van der Waals surface area contributed by atoms with Crippen LogP contribution in [0.25, 0.3) is 0 Å². The molecule has 0 unspecified atom stereocenters. The largest absolute Gasteiger partial charge is 0.465 e. The van der Waals surface area contributed by atoms with Crippen LogP contribution in [0, 0.1) is 13.8 Å². The van der Waals surface area contributed by atoms with Gasteiger partial charge in [-0.1, -0.05) is 24.3 Å². The number of esters is 1. The molecule has 0 saturated carbocycles. The zero-order valence-corrected chi connectivity index (χ0v) is 13.5. The number of aryl methyl sites for hydroxylation is 1. The number of para-hydroxylation sites is 1. The Kier molecular flexibility index (Phi) is 5.36. The Morgan fingerprint density at radius 1 is 1.00 bits per heavy atom. The van der Waals surface area contributed by atoms with E-state index in [0.717, 1.165) is 16.8 Å². The van der Waals surface area contributed by atoms with E-state index in [9.17, 15) is 9.59 Å². The number of nitrogens with one attached hydrogen (secondary N) is 2. The van der Waals surface area contributed by atoms with Crippen molar-refractivity contribution in [3.05, 3.63) is 59.2 Å². The fraction of sp³-hybridized carbons (Fsp3) is 0.222. The predicted octanol–water partition coefficient (Wildman–Crippen LogP) is 3.14. The van der Waals surface area contributed by atoms with E-state index in [2.05, 4.69) is 10.6 Å². The lowest BCUT2D eigenvalue weighted by Crippen LogP contribution is -2.23. The summed E-state index contributed by atoms with van der Waals surface area (Å²) in [6, 6.07) is 12.6. The van der Waals surface area contributed by atoms with Crippen LogP contribution in [0.15, 0.2) is 42.5 Å². The summed E-state index contributed by atoms with van der Waals surface area (Å²) in [6.07, 6.45) is 0. The van der Waals surface area contributed by atoms with Crippen LogP contribution in [0.5, 0.6) is 0 Å². The smallest absolute Gasteiger partial charge is 0.339 e. The summed E-state index contributed by atoms with van der Waals surface area (Å²) in [5.74, 6) is -0.717. The molecular formula is C18H20N2O3. The van der Waals surface area contributed by atoms with E-state index < -0.39 is 5.97 Å². The maximum Gasteiger partial charge on any atom is 0.339 e. The van der Waals surface area contributed by atoms with Gasteiger partial charge in [-0.15, -0.1) is 0 Å². The van der Waals surface area contributed by atoms with Gasteiger partial charge in [0.05, 0.1) is 24.9 Å². The normalized spacial score (nSPS) is 10.0. The standard InChI is InChI=1S/C18H20N2O3/c1-12-7-6-10-15(13(12)2)19-11-17(21)20-16-9-5-4-8-14(16)18(22)23-3/h4-10,19H,11H2,1-3H3,(H,20,21). The van der Waals surface area contributed by atoms with Gasteiger partial charge >= 0.3 is 5.97 Å². The number of anilines is 2. The number of carbonyl (C=O) groups excluding carboxylic acids is 2. The van der Waals surface area contributed by atoms with Crippen molar-refractivity contribution >= 4 is 23.3 Å². The fourth-order valence-electron chi connectivity index (χ4n) is 2.19. The third-order valence-electron chi connectivity index (χ3n) is 3.65. The second-order valence-electron chi connectivity index (χ2n) is 5.19. The number of benzene rings is 2. The number of ether oxygens (including phenoxy) is 1. The first-order valence-electron chi connectivity index (χ1n) is 7.30. The SMILES string of the molecule is COC(=O)c1ccccc1NC(=O)CNc1cccc(C)c1C.